The molecule has 0 saturated carbocycles. The summed E-state index contributed by atoms with van der Waals surface area (Å²) in [6, 6.07) is 21.6. The average molecular weight is 417 g/mol. The Labute approximate surface area is 180 Å². The Hall–Kier alpha value is -3.87. The first-order valence-electron chi connectivity index (χ1n) is 9.99. The van der Waals surface area contributed by atoms with Crippen LogP contribution in [0.1, 0.15) is 16.9 Å². The molecule has 1 fully saturated rings. The third-order valence-corrected chi connectivity index (χ3v) is 5.45. The fourth-order valence-electron chi connectivity index (χ4n) is 3.79. The highest BCUT2D eigenvalue weighted by Gasteiger charge is 2.52. The Kier molecular flexibility index (Phi) is 5.58. The predicted octanol–water partition coefficient (Wildman–Crippen LogP) is 2.93. The maximum absolute atomic E-state index is 13.6. The summed E-state index contributed by atoms with van der Waals surface area (Å²) in [6.45, 7) is -0.0887. The van der Waals surface area contributed by atoms with Gasteiger partial charge in [-0.15, -0.1) is 0 Å². The molecule has 3 aromatic rings. The molecule has 1 aliphatic heterocycles. The Balaban J connectivity index is 1.59. The van der Waals surface area contributed by atoms with Gasteiger partial charge in [0.05, 0.1) is 12.8 Å². The van der Waals surface area contributed by atoms with Crippen molar-refractivity contribution in [2.75, 3.05) is 13.6 Å². The van der Waals surface area contributed by atoms with Crippen LogP contribution in [0.25, 0.3) is 0 Å². The zero-order valence-corrected chi connectivity index (χ0v) is 17.2. The van der Waals surface area contributed by atoms with E-state index in [1.807, 2.05) is 60.7 Å². The van der Waals surface area contributed by atoms with Gasteiger partial charge in [0.15, 0.2) is 5.54 Å². The second-order valence-corrected chi connectivity index (χ2v) is 7.58. The number of benzene rings is 2. The first kappa shape index (κ1) is 20.4. The number of carbonyl (C=O) groups excluding carboxylic acids is 3. The van der Waals surface area contributed by atoms with E-state index >= 15 is 0 Å². The number of hydrogen-bond donors (Lipinski definition) is 1. The molecule has 0 spiro atoms. The molecule has 0 radical (unpaired) electrons. The van der Waals surface area contributed by atoms with Gasteiger partial charge in [0, 0.05) is 13.5 Å². The normalized spacial score (nSPS) is 18.2. The van der Waals surface area contributed by atoms with Crippen molar-refractivity contribution in [1.82, 2.24) is 15.1 Å². The minimum atomic E-state index is -1.26. The van der Waals surface area contributed by atoms with Gasteiger partial charge in [-0.05, 0) is 23.3 Å². The smallest absolute Gasteiger partial charge is 0.325 e. The van der Waals surface area contributed by atoms with E-state index < -0.39 is 17.5 Å². The monoisotopic (exact) mass is 417 g/mol. The van der Waals surface area contributed by atoms with Crippen LogP contribution in [0, 0.1) is 0 Å². The van der Waals surface area contributed by atoms with Crippen molar-refractivity contribution in [1.29, 1.82) is 0 Å². The fourth-order valence-corrected chi connectivity index (χ4v) is 3.79. The van der Waals surface area contributed by atoms with Crippen LogP contribution in [0.15, 0.2) is 83.5 Å². The van der Waals surface area contributed by atoms with Gasteiger partial charge in [0.25, 0.3) is 5.91 Å². The van der Waals surface area contributed by atoms with Crippen molar-refractivity contribution >= 4 is 17.8 Å². The molecule has 1 aromatic heterocycles. The van der Waals surface area contributed by atoms with Crippen LogP contribution in [0.2, 0.25) is 0 Å². The first-order valence-corrected chi connectivity index (χ1v) is 9.99. The van der Waals surface area contributed by atoms with Crippen molar-refractivity contribution in [3.8, 4) is 0 Å². The molecule has 1 atom stereocenters. The number of imide groups is 1. The molecule has 7 nitrogen and oxygen atoms in total. The van der Waals surface area contributed by atoms with Crippen LogP contribution in [0.5, 0.6) is 0 Å². The molecule has 2 heterocycles. The van der Waals surface area contributed by atoms with Gasteiger partial charge in [-0.3, -0.25) is 14.5 Å². The third-order valence-electron chi connectivity index (χ3n) is 5.45. The summed E-state index contributed by atoms with van der Waals surface area (Å²) in [5, 5.41) is 2.87. The Bertz CT molecular complexity index is 1070. The molecular weight excluding hydrogens is 394 g/mol. The first-order chi connectivity index (χ1) is 15.0. The summed E-state index contributed by atoms with van der Waals surface area (Å²) in [5.41, 5.74) is 0.318. The molecule has 0 bridgehead atoms. The largest absolute Gasteiger partial charge is 0.467 e. The molecule has 4 amide bonds. The number of urea groups is 1. The minimum Gasteiger partial charge on any atom is -0.467 e. The van der Waals surface area contributed by atoms with Gasteiger partial charge in [-0.2, -0.15) is 0 Å². The van der Waals surface area contributed by atoms with E-state index in [1.165, 1.54) is 11.2 Å². The molecule has 7 heteroatoms. The van der Waals surface area contributed by atoms with E-state index in [0.29, 0.717) is 11.3 Å². The van der Waals surface area contributed by atoms with Crippen LogP contribution >= 0.6 is 0 Å². The van der Waals surface area contributed by atoms with E-state index in [1.54, 1.807) is 19.2 Å². The van der Waals surface area contributed by atoms with Crippen molar-refractivity contribution < 1.29 is 18.8 Å². The number of nitrogens with one attached hydrogen (secondary N) is 1. The third kappa shape index (κ3) is 4.07. The summed E-state index contributed by atoms with van der Waals surface area (Å²) in [6.07, 6.45) is 1.82. The van der Waals surface area contributed by atoms with Crippen LogP contribution in [0.3, 0.4) is 0 Å². The number of furan rings is 1. The molecule has 0 unspecified atom stereocenters. The van der Waals surface area contributed by atoms with Gasteiger partial charge < -0.3 is 14.6 Å². The molecule has 1 aliphatic rings. The topological polar surface area (TPSA) is 82.9 Å². The number of likely N-dealkylation sites (N-methyl/N-ethyl adjacent to an activating group) is 1. The molecule has 0 aliphatic carbocycles. The highest BCUT2D eigenvalue weighted by atomic mass is 16.3. The Morgan fingerprint density at radius 2 is 1.68 bits per heavy atom. The molecule has 2 aromatic carbocycles. The van der Waals surface area contributed by atoms with Crippen molar-refractivity contribution in [2.45, 2.75) is 18.5 Å². The quantitative estimate of drug-likeness (QED) is 0.599. The van der Waals surface area contributed by atoms with E-state index in [-0.39, 0.29) is 25.4 Å². The summed E-state index contributed by atoms with van der Waals surface area (Å²) >= 11 is 0. The zero-order chi connectivity index (χ0) is 21.8. The van der Waals surface area contributed by atoms with Gasteiger partial charge in [0.2, 0.25) is 5.91 Å². The standard InChI is InChI=1S/C24H23N3O4/c1-26(16-20-13-8-14-31-20)21(28)17-27-22(29)24(25-23(27)30,19-11-6-3-7-12-19)15-18-9-4-2-5-10-18/h2-14H,15-17H2,1H3,(H,25,30)/t24-/m0/s1. The number of rotatable bonds is 7. The second-order valence-electron chi connectivity index (χ2n) is 7.58. The highest BCUT2D eigenvalue weighted by Crippen LogP contribution is 2.33. The highest BCUT2D eigenvalue weighted by molar-refractivity contribution is 6.09. The van der Waals surface area contributed by atoms with Crippen molar-refractivity contribution in [2.24, 2.45) is 0 Å². The number of carbonyl (C=O) groups is 3. The van der Waals surface area contributed by atoms with Crippen LogP contribution in [-0.4, -0.2) is 41.2 Å². The van der Waals surface area contributed by atoms with E-state index in [9.17, 15) is 14.4 Å². The molecule has 1 saturated heterocycles. The van der Waals surface area contributed by atoms with E-state index in [2.05, 4.69) is 5.32 Å². The van der Waals surface area contributed by atoms with Crippen molar-refractivity contribution in [3.05, 3.63) is 95.9 Å². The fraction of sp³-hybridized carbons (Fsp3) is 0.208. The number of nitrogens with zero attached hydrogens (tertiary/aromatic N) is 2. The molecule has 4 rings (SSSR count). The molecule has 31 heavy (non-hydrogen) atoms. The maximum atomic E-state index is 13.6. The lowest BCUT2D eigenvalue weighted by Crippen LogP contribution is -2.47. The second kappa shape index (κ2) is 8.47. The van der Waals surface area contributed by atoms with Crippen LogP contribution < -0.4 is 5.32 Å². The lowest BCUT2D eigenvalue weighted by atomic mass is 9.83. The van der Waals surface area contributed by atoms with Gasteiger partial charge in [-0.1, -0.05) is 60.7 Å². The van der Waals surface area contributed by atoms with Crippen LogP contribution in [-0.2, 0) is 28.1 Å². The van der Waals surface area contributed by atoms with Gasteiger partial charge >= 0.3 is 6.03 Å². The van der Waals surface area contributed by atoms with E-state index in [0.717, 1.165) is 10.5 Å². The predicted molar refractivity (Wildman–Crippen MR) is 114 cm³/mol. The summed E-state index contributed by atoms with van der Waals surface area (Å²) in [7, 11) is 1.61. The number of hydrogen-bond acceptors (Lipinski definition) is 4. The average Bonchev–Trinajstić information content (AvgIpc) is 3.37. The lowest BCUT2D eigenvalue weighted by Gasteiger charge is -2.28. The Morgan fingerprint density at radius 1 is 1.00 bits per heavy atom. The SMILES string of the molecule is CN(Cc1ccco1)C(=O)CN1C(=O)N[C@@](Cc2ccccc2)(c2ccccc2)C1=O. The van der Waals surface area contributed by atoms with Crippen molar-refractivity contribution in [3.63, 3.8) is 0 Å². The lowest BCUT2D eigenvalue weighted by molar-refractivity contribution is -0.138. The molecule has 1 N–H and O–H groups in total. The summed E-state index contributed by atoms with van der Waals surface area (Å²) < 4.78 is 5.27. The number of amides is 4. The molecular formula is C24H23N3O4. The Morgan fingerprint density at radius 3 is 2.32 bits per heavy atom. The minimum absolute atomic E-state index is 0.253. The molecule has 158 valence electrons. The van der Waals surface area contributed by atoms with E-state index in [4.69, 9.17) is 4.42 Å². The van der Waals surface area contributed by atoms with Crippen LogP contribution in [0.4, 0.5) is 4.79 Å². The summed E-state index contributed by atoms with van der Waals surface area (Å²) in [5.74, 6) is -0.175. The van der Waals surface area contributed by atoms with Gasteiger partial charge in [-0.25, -0.2) is 4.79 Å². The summed E-state index contributed by atoms with van der Waals surface area (Å²) in [4.78, 5) is 41.6. The zero-order valence-electron chi connectivity index (χ0n) is 17.2. The maximum Gasteiger partial charge on any atom is 0.325 e. The van der Waals surface area contributed by atoms with Gasteiger partial charge in [0.1, 0.15) is 12.3 Å².